The molecule has 252 valence electrons. The molecule has 3 N–H and O–H groups in total. The predicted octanol–water partition coefficient (Wildman–Crippen LogP) is 5.06. The first-order valence-corrected chi connectivity index (χ1v) is 17.6. The number of urea groups is 2. The van der Waals surface area contributed by atoms with Gasteiger partial charge in [-0.3, -0.25) is 14.8 Å². The van der Waals surface area contributed by atoms with Crippen molar-refractivity contribution in [2.75, 3.05) is 51.1 Å². The minimum Gasteiger partial charge on any atom is -0.338 e. The number of nitrogens with one attached hydrogen (secondary N) is 3. The van der Waals surface area contributed by atoms with E-state index in [2.05, 4.69) is 39.6 Å². The summed E-state index contributed by atoms with van der Waals surface area (Å²) in [6.07, 6.45) is 8.51. The normalized spacial score (nSPS) is 18.9. The van der Waals surface area contributed by atoms with Gasteiger partial charge in [-0.1, -0.05) is 57.4 Å². The summed E-state index contributed by atoms with van der Waals surface area (Å²) >= 11 is 0. The van der Waals surface area contributed by atoms with Gasteiger partial charge < -0.3 is 25.3 Å². The maximum Gasteiger partial charge on any atom is 0.322 e. The highest BCUT2D eigenvalue weighted by atomic mass is 16.2. The first-order chi connectivity index (χ1) is 22.9. The zero-order chi connectivity index (χ0) is 32.8. The summed E-state index contributed by atoms with van der Waals surface area (Å²) < 4.78 is 0. The smallest absolute Gasteiger partial charge is 0.322 e. The molecule has 2 atom stereocenters. The molecule has 0 bridgehead atoms. The molecule has 5 amide bonds. The lowest BCUT2D eigenvalue weighted by Gasteiger charge is -2.41. The van der Waals surface area contributed by atoms with Crippen LogP contribution in [0.15, 0.2) is 48.7 Å². The van der Waals surface area contributed by atoms with Gasteiger partial charge in [0.25, 0.3) is 0 Å². The van der Waals surface area contributed by atoms with Crippen LogP contribution in [0.5, 0.6) is 0 Å². The number of amides is 5. The van der Waals surface area contributed by atoms with Gasteiger partial charge in [0.05, 0.1) is 11.7 Å². The van der Waals surface area contributed by atoms with Gasteiger partial charge in [0.1, 0.15) is 6.04 Å². The maximum absolute atomic E-state index is 14.1. The van der Waals surface area contributed by atoms with E-state index in [0.29, 0.717) is 57.9 Å². The van der Waals surface area contributed by atoms with E-state index in [9.17, 15) is 14.4 Å². The second kappa shape index (κ2) is 15.2. The zero-order valence-corrected chi connectivity index (χ0v) is 27.9. The van der Waals surface area contributed by atoms with Crippen LogP contribution in [0.1, 0.15) is 63.5 Å². The lowest BCUT2D eigenvalue weighted by molar-refractivity contribution is -0.135. The lowest BCUT2D eigenvalue weighted by atomic mass is 9.98. The van der Waals surface area contributed by atoms with Crippen LogP contribution in [-0.2, 0) is 17.8 Å². The minimum absolute atomic E-state index is 0.0261. The third kappa shape index (κ3) is 7.89. The predicted molar refractivity (Wildman–Crippen MR) is 184 cm³/mol. The number of rotatable bonds is 11. The fourth-order valence-electron chi connectivity index (χ4n) is 7.35. The molecule has 0 saturated carbocycles. The number of carbonyl (C=O) groups is 3. The van der Waals surface area contributed by atoms with Crippen LogP contribution in [0, 0.1) is 5.92 Å². The molecule has 0 spiro atoms. The number of H-pyrrole nitrogens is 1. The molecule has 47 heavy (non-hydrogen) atoms. The third-order valence-electron chi connectivity index (χ3n) is 10.3. The van der Waals surface area contributed by atoms with Gasteiger partial charge in [-0.25, -0.2) is 9.59 Å². The van der Waals surface area contributed by atoms with Crippen molar-refractivity contribution in [2.24, 2.45) is 5.92 Å². The number of hydrogen-bond acceptors (Lipinski definition) is 5. The molecule has 11 heteroatoms. The van der Waals surface area contributed by atoms with Crippen LogP contribution in [0.4, 0.5) is 15.3 Å². The van der Waals surface area contributed by atoms with Crippen molar-refractivity contribution in [3.8, 4) is 0 Å². The van der Waals surface area contributed by atoms with E-state index in [0.717, 1.165) is 47.4 Å². The quantitative estimate of drug-likeness (QED) is 0.271. The molecule has 2 aromatic carbocycles. The van der Waals surface area contributed by atoms with Gasteiger partial charge in [-0.05, 0) is 54.5 Å². The average molecular weight is 643 g/mol. The van der Waals surface area contributed by atoms with Gasteiger partial charge in [0.2, 0.25) is 5.91 Å². The number of unbranched alkanes of at least 4 members (excludes halogenated alkanes) is 1. The van der Waals surface area contributed by atoms with E-state index in [4.69, 9.17) is 0 Å². The molecule has 4 heterocycles. The van der Waals surface area contributed by atoms with E-state index in [1.54, 1.807) is 11.1 Å². The van der Waals surface area contributed by atoms with Crippen molar-refractivity contribution in [2.45, 2.75) is 77.4 Å². The Morgan fingerprint density at radius 2 is 1.79 bits per heavy atom. The van der Waals surface area contributed by atoms with E-state index in [1.165, 1.54) is 25.7 Å². The molecule has 3 aliphatic heterocycles. The number of nitrogens with zero attached hydrogens (tertiary/aromatic N) is 5. The van der Waals surface area contributed by atoms with Crippen molar-refractivity contribution in [1.82, 2.24) is 35.1 Å². The summed E-state index contributed by atoms with van der Waals surface area (Å²) in [4.78, 5) is 48.8. The Hall–Kier alpha value is -4.12. The number of carbonyl (C=O) groups excluding carboxylic acids is 3. The minimum atomic E-state index is -0.673. The second-order valence-corrected chi connectivity index (χ2v) is 13.5. The zero-order valence-electron chi connectivity index (χ0n) is 27.9. The molecule has 3 aromatic rings. The van der Waals surface area contributed by atoms with Gasteiger partial charge in [-0.2, -0.15) is 5.10 Å². The van der Waals surface area contributed by atoms with Crippen molar-refractivity contribution < 1.29 is 14.4 Å². The Kier molecular flexibility index (Phi) is 10.6. The van der Waals surface area contributed by atoms with Crippen molar-refractivity contribution in [1.29, 1.82) is 0 Å². The summed E-state index contributed by atoms with van der Waals surface area (Å²) in [6.45, 7) is 10.3. The summed E-state index contributed by atoms with van der Waals surface area (Å²) in [7, 11) is 0. The number of para-hydroxylation sites is 1. The summed E-state index contributed by atoms with van der Waals surface area (Å²) in [6, 6.07) is 13.0. The van der Waals surface area contributed by atoms with E-state index in [-0.39, 0.29) is 24.0 Å². The fourth-order valence-corrected chi connectivity index (χ4v) is 7.35. The topological polar surface area (TPSA) is 117 Å². The first kappa shape index (κ1) is 32.8. The molecular formula is C36H50N8O3. The largest absolute Gasteiger partial charge is 0.338 e. The maximum atomic E-state index is 14.1. The molecule has 0 aliphatic carbocycles. The molecule has 1 aromatic heterocycles. The molecule has 2 saturated heterocycles. The number of hydrogen-bond donors (Lipinski definition) is 3. The van der Waals surface area contributed by atoms with Crippen LogP contribution in [0.25, 0.3) is 10.9 Å². The Morgan fingerprint density at radius 3 is 2.55 bits per heavy atom. The SMILES string of the molecule is CCCCC(CC)CN1CCN(C(=O)C(Cc2ccc3[nH]ncc3c2)NC(=O)N2CCC(N3Cc4ccccc4NC3=O)CC2)CC1. The Bertz CT molecular complexity index is 1530. The number of anilines is 1. The lowest BCUT2D eigenvalue weighted by Crippen LogP contribution is -2.58. The highest BCUT2D eigenvalue weighted by molar-refractivity contribution is 5.92. The third-order valence-corrected chi connectivity index (χ3v) is 10.3. The molecule has 2 unspecified atom stereocenters. The summed E-state index contributed by atoms with van der Waals surface area (Å²) in [5.41, 5.74) is 3.89. The van der Waals surface area contributed by atoms with E-state index < -0.39 is 6.04 Å². The summed E-state index contributed by atoms with van der Waals surface area (Å²) in [5, 5.41) is 14.2. The Morgan fingerprint density at radius 1 is 1.00 bits per heavy atom. The average Bonchev–Trinajstić information content (AvgIpc) is 3.57. The van der Waals surface area contributed by atoms with Crippen molar-refractivity contribution in [3.63, 3.8) is 0 Å². The van der Waals surface area contributed by atoms with Crippen LogP contribution < -0.4 is 10.6 Å². The highest BCUT2D eigenvalue weighted by Gasteiger charge is 2.35. The Balaban J connectivity index is 1.08. The molecule has 2 fully saturated rings. The van der Waals surface area contributed by atoms with Gasteiger partial charge >= 0.3 is 12.1 Å². The Labute approximate surface area is 278 Å². The number of aromatic amines is 1. The second-order valence-electron chi connectivity index (χ2n) is 13.5. The molecule has 11 nitrogen and oxygen atoms in total. The molecule has 3 aliphatic rings. The standard InChI is InChI=1S/C36H50N8O3/c1-3-5-8-26(4-2)24-41-17-19-42(20-18-41)34(45)33(22-27-11-12-32-29(21-27)23-37-40-32)39-35(46)43-15-13-30(14-16-43)44-25-28-9-6-7-10-31(28)38-36(44)47/h6-7,9-12,21,23,26,30,33H,3-5,8,13-20,22,24-25H2,1-2H3,(H,37,40)(H,38,47)(H,39,46). The number of benzene rings is 2. The van der Waals surface area contributed by atoms with Gasteiger partial charge in [-0.15, -0.1) is 0 Å². The monoisotopic (exact) mass is 642 g/mol. The first-order valence-electron chi connectivity index (χ1n) is 17.6. The number of likely N-dealkylation sites (tertiary alicyclic amines) is 1. The van der Waals surface area contributed by atoms with Crippen molar-refractivity contribution in [3.05, 3.63) is 59.8 Å². The van der Waals surface area contributed by atoms with Crippen LogP contribution in [0.3, 0.4) is 0 Å². The number of piperidine rings is 1. The fraction of sp³-hybridized carbons (Fsp3) is 0.556. The summed E-state index contributed by atoms with van der Waals surface area (Å²) in [5.74, 6) is 0.674. The van der Waals surface area contributed by atoms with Gasteiger partial charge in [0.15, 0.2) is 0 Å². The molecule has 0 radical (unpaired) electrons. The molecular weight excluding hydrogens is 592 g/mol. The van der Waals surface area contributed by atoms with Crippen LogP contribution in [-0.4, -0.2) is 106 Å². The number of fused-ring (bicyclic) bond motifs is 2. The van der Waals surface area contributed by atoms with Gasteiger partial charge in [0, 0.05) is 75.9 Å². The number of aromatic nitrogens is 2. The highest BCUT2D eigenvalue weighted by Crippen LogP contribution is 2.28. The van der Waals surface area contributed by atoms with E-state index in [1.807, 2.05) is 52.3 Å². The van der Waals surface area contributed by atoms with Crippen LogP contribution in [0.2, 0.25) is 0 Å². The van der Waals surface area contributed by atoms with Crippen LogP contribution >= 0.6 is 0 Å². The van der Waals surface area contributed by atoms with E-state index >= 15 is 0 Å². The number of piperazine rings is 1. The van der Waals surface area contributed by atoms with Crippen molar-refractivity contribution >= 4 is 34.6 Å². The molecule has 6 rings (SSSR count).